The van der Waals surface area contributed by atoms with E-state index in [9.17, 15) is 4.79 Å². The summed E-state index contributed by atoms with van der Waals surface area (Å²) in [5.41, 5.74) is 7.95. The molecule has 0 saturated heterocycles. The molecular formula is C5H9N3O2. The van der Waals surface area contributed by atoms with E-state index < -0.39 is 12.0 Å². The molecule has 0 radical (unpaired) electrons. The highest BCUT2D eigenvalue weighted by Gasteiger charge is 2.07. The number of carboxylic acid groups (broad SMARTS) is 1. The van der Waals surface area contributed by atoms with Gasteiger partial charge in [0.2, 0.25) is 0 Å². The van der Waals surface area contributed by atoms with Crippen molar-refractivity contribution in [3.8, 4) is 0 Å². The highest BCUT2D eigenvalue weighted by Crippen LogP contribution is 2.02. The van der Waals surface area contributed by atoms with Crippen LogP contribution >= 0.6 is 0 Å². The SMILES string of the molecule is CCC(CC(=O)O)N=[N+]=[N-]. The third kappa shape index (κ3) is 3.74. The highest BCUT2D eigenvalue weighted by atomic mass is 16.4. The lowest BCUT2D eigenvalue weighted by atomic mass is 10.2. The predicted octanol–water partition coefficient (Wildman–Crippen LogP) is 1.55. The Hall–Kier alpha value is -1.22. The van der Waals surface area contributed by atoms with Crippen LogP contribution in [0.15, 0.2) is 5.11 Å². The molecule has 0 rings (SSSR count). The van der Waals surface area contributed by atoms with Gasteiger partial charge in [-0.3, -0.25) is 4.79 Å². The van der Waals surface area contributed by atoms with Gasteiger partial charge >= 0.3 is 5.97 Å². The minimum atomic E-state index is -0.931. The Bertz CT molecular complexity index is 162. The second kappa shape index (κ2) is 4.64. The van der Waals surface area contributed by atoms with Gasteiger partial charge in [0, 0.05) is 11.0 Å². The lowest BCUT2D eigenvalue weighted by Crippen LogP contribution is -2.08. The third-order valence-corrected chi connectivity index (χ3v) is 1.10. The van der Waals surface area contributed by atoms with Crippen molar-refractivity contribution in [2.75, 3.05) is 0 Å². The standard InChI is InChI=1S/C5H9N3O2/c1-2-4(7-8-6)3-5(9)10/h4H,2-3H2,1H3,(H,9,10). The molecule has 0 spiro atoms. The summed E-state index contributed by atoms with van der Waals surface area (Å²) in [6, 6.07) is -0.400. The summed E-state index contributed by atoms with van der Waals surface area (Å²) in [7, 11) is 0. The molecule has 0 aromatic heterocycles. The number of nitrogens with zero attached hydrogens (tertiary/aromatic N) is 3. The van der Waals surface area contributed by atoms with Crippen LogP contribution < -0.4 is 0 Å². The first-order valence-corrected chi connectivity index (χ1v) is 2.96. The van der Waals surface area contributed by atoms with Gasteiger partial charge in [0.05, 0.1) is 6.42 Å². The Morgan fingerprint density at radius 3 is 2.80 bits per heavy atom. The van der Waals surface area contributed by atoms with Crippen LogP contribution in [-0.4, -0.2) is 17.1 Å². The Kier molecular flexibility index (Phi) is 4.07. The minimum Gasteiger partial charge on any atom is -0.481 e. The van der Waals surface area contributed by atoms with Gasteiger partial charge in [-0.2, -0.15) is 0 Å². The molecule has 0 fully saturated rings. The first kappa shape index (κ1) is 8.78. The molecule has 1 unspecified atom stereocenters. The Balaban J connectivity index is 3.82. The molecule has 56 valence electrons. The molecule has 0 bridgehead atoms. The molecule has 5 heteroatoms. The summed E-state index contributed by atoms with van der Waals surface area (Å²) in [4.78, 5) is 12.6. The maximum atomic E-state index is 10.1. The summed E-state index contributed by atoms with van der Waals surface area (Å²) < 4.78 is 0. The largest absolute Gasteiger partial charge is 0.481 e. The monoisotopic (exact) mass is 143 g/mol. The van der Waals surface area contributed by atoms with Gasteiger partial charge in [0.1, 0.15) is 0 Å². The molecule has 0 heterocycles. The van der Waals surface area contributed by atoms with Crippen LogP contribution in [0, 0.1) is 0 Å². The van der Waals surface area contributed by atoms with Gasteiger partial charge in [-0.15, -0.1) is 0 Å². The maximum Gasteiger partial charge on any atom is 0.303 e. The molecule has 0 aliphatic carbocycles. The smallest absolute Gasteiger partial charge is 0.303 e. The summed E-state index contributed by atoms with van der Waals surface area (Å²) in [5, 5.41) is 11.5. The molecule has 10 heavy (non-hydrogen) atoms. The lowest BCUT2D eigenvalue weighted by molar-refractivity contribution is -0.137. The van der Waals surface area contributed by atoms with Crippen molar-refractivity contribution in [3.05, 3.63) is 10.4 Å². The molecule has 0 aromatic rings. The van der Waals surface area contributed by atoms with Crippen molar-refractivity contribution < 1.29 is 9.90 Å². The summed E-state index contributed by atoms with van der Waals surface area (Å²) in [6.07, 6.45) is 0.483. The second-order valence-corrected chi connectivity index (χ2v) is 1.86. The average molecular weight is 143 g/mol. The van der Waals surface area contributed by atoms with Crippen molar-refractivity contribution in [1.82, 2.24) is 0 Å². The van der Waals surface area contributed by atoms with Crippen LogP contribution in [-0.2, 0) is 4.79 Å². The fourth-order valence-electron chi connectivity index (χ4n) is 0.541. The zero-order valence-electron chi connectivity index (χ0n) is 5.69. The van der Waals surface area contributed by atoms with Crippen LogP contribution in [0.5, 0.6) is 0 Å². The number of aliphatic carboxylic acids is 1. The Morgan fingerprint density at radius 1 is 1.90 bits per heavy atom. The van der Waals surface area contributed by atoms with Gasteiger partial charge in [-0.1, -0.05) is 12.0 Å². The van der Waals surface area contributed by atoms with E-state index in [0.29, 0.717) is 6.42 Å². The van der Waals surface area contributed by atoms with Crippen LogP contribution in [0.3, 0.4) is 0 Å². The molecule has 0 aliphatic rings. The van der Waals surface area contributed by atoms with E-state index in [0.717, 1.165) is 0 Å². The van der Waals surface area contributed by atoms with Crippen molar-refractivity contribution in [1.29, 1.82) is 0 Å². The quantitative estimate of drug-likeness (QED) is 0.367. The first-order valence-electron chi connectivity index (χ1n) is 2.96. The molecular weight excluding hydrogens is 134 g/mol. The molecule has 5 nitrogen and oxygen atoms in total. The fourth-order valence-corrected chi connectivity index (χ4v) is 0.541. The Labute approximate surface area is 58.3 Å². The normalized spacial score (nSPS) is 11.7. The zero-order chi connectivity index (χ0) is 7.98. The van der Waals surface area contributed by atoms with Crippen LogP contribution in [0.2, 0.25) is 0 Å². The molecule has 0 aliphatic heterocycles. The minimum absolute atomic E-state index is 0.0828. The molecule has 0 aromatic carbocycles. The predicted molar refractivity (Wildman–Crippen MR) is 35.5 cm³/mol. The lowest BCUT2D eigenvalue weighted by Gasteiger charge is -2.01. The van der Waals surface area contributed by atoms with E-state index in [1.54, 1.807) is 6.92 Å². The molecule has 0 saturated carbocycles. The van der Waals surface area contributed by atoms with Crippen LogP contribution in [0.25, 0.3) is 10.4 Å². The third-order valence-electron chi connectivity index (χ3n) is 1.10. The second-order valence-electron chi connectivity index (χ2n) is 1.86. The molecule has 1 N–H and O–H groups in total. The van der Waals surface area contributed by atoms with Crippen molar-refractivity contribution in [3.63, 3.8) is 0 Å². The van der Waals surface area contributed by atoms with E-state index in [4.69, 9.17) is 10.6 Å². The maximum absolute atomic E-state index is 10.1. The summed E-state index contributed by atoms with van der Waals surface area (Å²) in [5.74, 6) is -0.931. The van der Waals surface area contributed by atoms with Gasteiger partial charge in [-0.25, -0.2) is 0 Å². The van der Waals surface area contributed by atoms with Crippen molar-refractivity contribution >= 4 is 5.97 Å². The van der Waals surface area contributed by atoms with E-state index >= 15 is 0 Å². The van der Waals surface area contributed by atoms with Crippen molar-refractivity contribution in [2.24, 2.45) is 5.11 Å². The molecule has 0 amide bonds. The first-order chi connectivity index (χ1) is 4.70. The topological polar surface area (TPSA) is 86.1 Å². The number of carboxylic acids is 1. The summed E-state index contributed by atoms with van der Waals surface area (Å²) >= 11 is 0. The fraction of sp³-hybridized carbons (Fsp3) is 0.800. The van der Waals surface area contributed by atoms with E-state index in [-0.39, 0.29) is 6.42 Å². The number of rotatable bonds is 4. The zero-order valence-corrected chi connectivity index (χ0v) is 5.69. The van der Waals surface area contributed by atoms with Crippen LogP contribution in [0.4, 0.5) is 0 Å². The Morgan fingerprint density at radius 2 is 2.50 bits per heavy atom. The molecule has 1 atom stereocenters. The van der Waals surface area contributed by atoms with E-state index in [2.05, 4.69) is 10.0 Å². The number of hydrogen-bond donors (Lipinski definition) is 1. The number of carbonyl (C=O) groups is 1. The number of hydrogen-bond acceptors (Lipinski definition) is 2. The summed E-state index contributed by atoms with van der Waals surface area (Å²) in [6.45, 7) is 1.78. The van der Waals surface area contributed by atoms with Gasteiger partial charge in [0.15, 0.2) is 0 Å². The highest BCUT2D eigenvalue weighted by molar-refractivity contribution is 5.67. The van der Waals surface area contributed by atoms with E-state index in [1.165, 1.54) is 0 Å². The van der Waals surface area contributed by atoms with E-state index in [1.807, 2.05) is 0 Å². The van der Waals surface area contributed by atoms with Gasteiger partial charge < -0.3 is 5.11 Å². The number of azide groups is 1. The van der Waals surface area contributed by atoms with Crippen LogP contribution in [0.1, 0.15) is 19.8 Å². The van der Waals surface area contributed by atoms with Gasteiger partial charge in [0.25, 0.3) is 0 Å². The van der Waals surface area contributed by atoms with Gasteiger partial charge in [-0.05, 0) is 12.0 Å². The average Bonchev–Trinajstić information content (AvgIpc) is 1.86. The van der Waals surface area contributed by atoms with Crippen molar-refractivity contribution in [2.45, 2.75) is 25.8 Å².